The largest absolute Gasteiger partial charge is 0.370 e. The lowest BCUT2D eigenvalue weighted by Gasteiger charge is -2.20. The van der Waals surface area contributed by atoms with Crippen molar-refractivity contribution in [3.63, 3.8) is 0 Å². The molecule has 7 heteroatoms. The monoisotopic (exact) mass is 376 g/mol. The molecule has 0 radical (unpaired) electrons. The Morgan fingerprint density at radius 2 is 2.00 bits per heavy atom. The molecule has 1 aliphatic heterocycles. The molecule has 0 bridgehead atoms. The van der Waals surface area contributed by atoms with Gasteiger partial charge in [0.1, 0.15) is 11.5 Å². The third-order valence-electron chi connectivity index (χ3n) is 4.86. The van der Waals surface area contributed by atoms with Crippen LogP contribution < -0.4 is 10.6 Å². The van der Waals surface area contributed by atoms with Gasteiger partial charge >= 0.3 is 0 Å². The maximum Gasteiger partial charge on any atom is 0.270 e. The van der Waals surface area contributed by atoms with E-state index in [0.717, 1.165) is 48.6 Å². The number of hydrogen-bond acceptors (Lipinski definition) is 5. The Balaban J connectivity index is 1.54. The van der Waals surface area contributed by atoms with E-state index in [9.17, 15) is 4.79 Å². The van der Waals surface area contributed by atoms with Gasteiger partial charge in [-0.1, -0.05) is 30.3 Å². The van der Waals surface area contributed by atoms with Gasteiger partial charge < -0.3 is 10.6 Å². The van der Waals surface area contributed by atoms with Gasteiger partial charge in [-0.05, 0) is 32.8 Å². The molecule has 144 valence electrons. The van der Waals surface area contributed by atoms with Crippen molar-refractivity contribution in [2.75, 3.05) is 18.4 Å². The maximum absolute atomic E-state index is 12.3. The number of amides is 1. The van der Waals surface area contributed by atoms with E-state index in [2.05, 4.69) is 33.7 Å². The number of fused-ring (bicyclic) bond motifs is 1. The molecule has 0 atom stereocenters. The highest BCUT2D eigenvalue weighted by Crippen LogP contribution is 2.24. The van der Waals surface area contributed by atoms with E-state index >= 15 is 0 Å². The van der Waals surface area contributed by atoms with Crippen molar-refractivity contribution < 1.29 is 4.79 Å². The zero-order valence-corrected chi connectivity index (χ0v) is 16.2. The van der Waals surface area contributed by atoms with Gasteiger partial charge in [-0.25, -0.2) is 9.97 Å². The number of anilines is 1. The second kappa shape index (κ2) is 7.80. The van der Waals surface area contributed by atoms with Gasteiger partial charge in [0.05, 0.1) is 5.69 Å². The Morgan fingerprint density at radius 1 is 1.18 bits per heavy atom. The summed E-state index contributed by atoms with van der Waals surface area (Å²) in [5.41, 5.74) is 4.47. The molecule has 0 saturated heterocycles. The normalized spacial score (nSPS) is 13.1. The Bertz CT molecular complexity index is 996. The predicted molar refractivity (Wildman–Crippen MR) is 108 cm³/mol. The number of aromatic nitrogens is 4. The molecule has 2 N–H and O–H groups in total. The summed E-state index contributed by atoms with van der Waals surface area (Å²) in [6.07, 6.45) is 1.64. The molecule has 0 spiro atoms. The number of benzene rings is 1. The first kappa shape index (κ1) is 18.2. The van der Waals surface area contributed by atoms with Crippen LogP contribution in [0, 0.1) is 13.8 Å². The van der Waals surface area contributed by atoms with Gasteiger partial charge in [0.2, 0.25) is 0 Å². The van der Waals surface area contributed by atoms with Crippen molar-refractivity contribution >= 4 is 11.7 Å². The van der Waals surface area contributed by atoms with E-state index < -0.39 is 0 Å². The minimum Gasteiger partial charge on any atom is -0.370 e. The molecule has 0 fully saturated rings. The molecule has 28 heavy (non-hydrogen) atoms. The lowest BCUT2D eigenvalue weighted by atomic mass is 10.1. The predicted octanol–water partition coefficient (Wildman–Crippen LogP) is 2.75. The molecule has 3 heterocycles. The average molecular weight is 376 g/mol. The van der Waals surface area contributed by atoms with E-state index in [1.165, 1.54) is 5.69 Å². The third kappa shape index (κ3) is 3.74. The molecule has 0 aliphatic carbocycles. The smallest absolute Gasteiger partial charge is 0.270 e. The molecule has 1 aromatic carbocycles. The fourth-order valence-electron chi connectivity index (χ4n) is 3.49. The Kier molecular flexibility index (Phi) is 5.06. The molecule has 2 aromatic heterocycles. The molecule has 1 amide bonds. The van der Waals surface area contributed by atoms with Gasteiger partial charge in [0, 0.05) is 36.5 Å². The molecule has 0 unspecified atom stereocenters. The number of carbonyl (C=O) groups excluding carboxylic acids is 1. The van der Waals surface area contributed by atoms with Crippen molar-refractivity contribution in [2.45, 2.75) is 33.2 Å². The molecule has 7 nitrogen and oxygen atoms in total. The lowest BCUT2D eigenvalue weighted by Crippen LogP contribution is -2.34. The number of carbonyl (C=O) groups is 1. The summed E-state index contributed by atoms with van der Waals surface area (Å²) in [6, 6.07) is 11.8. The zero-order chi connectivity index (χ0) is 19.5. The maximum atomic E-state index is 12.3. The van der Waals surface area contributed by atoms with Crippen LogP contribution in [0.1, 0.15) is 33.9 Å². The van der Waals surface area contributed by atoms with E-state index in [-0.39, 0.29) is 5.91 Å². The lowest BCUT2D eigenvalue weighted by molar-refractivity contribution is 0.0940. The Hall–Kier alpha value is -3.22. The highest BCUT2D eigenvalue weighted by Gasteiger charge is 2.24. The van der Waals surface area contributed by atoms with Crippen LogP contribution in [0.15, 0.2) is 36.4 Å². The first-order chi connectivity index (χ1) is 13.6. The molecule has 0 saturated carbocycles. The number of nitrogens with one attached hydrogen (secondary N) is 2. The minimum absolute atomic E-state index is 0.133. The molecule has 3 aromatic rings. The van der Waals surface area contributed by atoms with Crippen LogP contribution in [0.2, 0.25) is 0 Å². The molecular formula is C21H24N6O. The summed E-state index contributed by atoms with van der Waals surface area (Å²) in [5, 5.41) is 10.8. The highest BCUT2D eigenvalue weighted by atomic mass is 16.1. The summed E-state index contributed by atoms with van der Waals surface area (Å²) in [7, 11) is 0. The third-order valence-corrected chi connectivity index (χ3v) is 4.86. The standard InChI is InChI=1S/C21H24N6O/c1-14-13-15(2)27(26-14)12-6-10-22-20-17-9-11-23-21(28)18(17)24-19(25-20)16-7-4-3-5-8-16/h3-5,7-8,13H,6,9-12H2,1-2H3,(H,23,28)(H,22,24,25). The van der Waals surface area contributed by atoms with Gasteiger partial charge in [-0.3, -0.25) is 9.48 Å². The van der Waals surface area contributed by atoms with Crippen LogP contribution in [-0.2, 0) is 13.0 Å². The summed E-state index contributed by atoms with van der Waals surface area (Å²) in [6.45, 7) is 6.27. The fourth-order valence-corrected chi connectivity index (χ4v) is 3.49. The topological polar surface area (TPSA) is 84.7 Å². The van der Waals surface area contributed by atoms with Gasteiger partial charge in [-0.15, -0.1) is 0 Å². The van der Waals surface area contributed by atoms with Gasteiger partial charge in [-0.2, -0.15) is 5.10 Å². The van der Waals surface area contributed by atoms with Crippen molar-refractivity contribution in [3.8, 4) is 11.4 Å². The van der Waals surface area contributed by atoms with Crippen LogP contribution in [0.4, 0.5) is 5.82 Å². The van der Waals surface area contributed by atoms with Crippen LogP contribution in [0.3, 0.4) is 0 Å². The van der Waals surface area contributed by atoms with Crippen LogP contribution >= 0.6 is 0 Å². The summed E-state index contributed by atoms with van der Waals surface area (Å²) >= 11 is 0. The van der Waals surface area contributed by atoms with Gasteiger partial charge in [0.15, 0.2) is 5.82 Å². The number of aryl methyl sites for hydroxylation is 3. The highest BCUT2D eigenvalue weighted by molar-refractivity contribution is 5.96. The van der Waals surface area contributed by atoms with Crippen molar-refractivity contribution in [1.29, 1.82) is 0 Å². The summed E-state index contributed by atoms with van der Waals surface area (Å²) in [4.78, 5) is 21.6. The zero-order valence-electron chi connectivity index (χ0n) is 16.2. The number of nitrogens with zero attached hydrogens (tertiary/aromatic N) is 4. The van der Waals surface area contributed by atoms with Crippen LogP contribution in [-0.4, -0.2) is 38.7 Å². The summed E-state index contributed by atoms with van der Waals surface area (Å²) < 4.78 is 2.02. The second-order valence-corrected chi connectivity index (χ2v) is 7.03. The van der Waals surface area contributed by atoms with Gasteiger partial charge in [0.25, 0.3) is 5.91 Å². The Labute approximate surface area is 164 Å². The number of hydrogen-bond donors (Lipinski definition) is 2. The van der Waals surface area contributed by atoms with Crippen LogP contribution in [0.25, 0.3) is 11.4 Å². The SMILES string of the molecule is Cc1cc(C)n(CCCNc2nc(-c3ccccc3)nc3c2CCNC3=O)n1. The Morgan fingerprint density at radius 3 is 2.75 bits per heavy atom. The first-order valence-corrected chi connectivity index (χ1v) is 9.61. The van der Waals surface area contributed by atoms with Crippen molar-refractivity contribution in [3.05, 3.63) is 59.0 Å². The van der Waals surface area contributed by atoms with E-state index in [4.69, 9.17) is 4.98 Å². The minimum atomic E-state index is -0.133. The second-order valence-electron chi connectivity index (χ2n) is 7.03. The quantitative estimate of drug-likeness (QED) is 0.646. The van der Waals surface area contributed by atoms with Crippen LogP contribution in [0.5, 0.6) is 0 Å². The van der Waals surface area contributed by atoms with E-state index in [1.807, 2.05) is 41.9 Å². The first-order valence-electron chi connectivity index (χ1n) is 9.61. The average Bonchev–Trinajstić information content (AvgIpc) is 3.03. The molecule has 1 aliphatic rings. The molecular weight excluding hydrogens is 352 g/mol. The van der Waals surface area contributed by atoms with E-state index in [1.54, 1.807) is 0 Å². The van der Waals surface area contributed by atoms with Crippen molar-refractivity contribution in [2.24, 2.45) is 0 Å². The van der Waals surface area contributed by atoms with Crippen molar-refractivity contribution in [1.82, 2.24) is 25.1 Å². The molecule has 4 rings (SSSR count). The van der Waals surface area contributed by atoms with E-state index in [0.29, 0.717) is 18.1 Å². The summed E-state index contributed by atoms with van der Waals surface area (Å²) in [5.74, 6) is 1.19. The fraction of sp³-hybridized carbons (Fsp3) is 0.333. The number of rotatable bonds is 6.